The minimum absolute atomic E-state index is 0.345. The van der Waals surface area contributed by atoms with Crippen molar-refractivity contribution in [1.29, 1.82) is 0 Å². The molecule has 0 saturated carbocycles. The summed E-state index contributed by atoms with van der Waals surface area (Å²) in [5, 5.41) is 1.98. The molecule has 2 aromatic carbocycles. The second-order valence-corrected chi connectivity index (χ2v) is 7.18. The van der Waals surface area contributed by atoms with Crippen LogP contribution in [0.5, 0.6) is 0 Å². The molecule has 0 aliphatic carbocycles. The average molecular weight is 292 g/mol. The maximum absolute atomic E-state index is 12.5. The maximum atomic E-state index is 12.5. The van der Waals surface area contributed by atoms with Crippen LogP contribution >= 0.6 is 0 Å². The molecule has 0 radical (unpaired) electrons. The fourth-order valence-corrected chi connectivity index (χ4v) is 3.17. The summed E-state index contributed by atoms with van der Waals surface area (Å²) >= 11 is 0. The highest BCUT2D eigenvalue weighted by atomic mass is 32.2. The molecule has 0 amide bonds. The van der Waals surface area contributed by atoms with E-state index >= 15 is 0 Å². The average Bonchev–Trinajstić information content (AvgIpc) is 2.44. The van der Waals surface area contributed by atoms with Crippen LogP contribution in [0.3, 0.4) is 0 Å². The lowest BCUT2D eigenvalue weighted by Crippen LogP contribution is -2.33. The van der Waals surface area contributed by atoms with Gasteiger partial charge in [0, 0.05) is 20.1 Å². The van der Waals surface area contributed by atoms with Crippen LogP contribution in [0.2, 0.25) is 0 Å². The summed E-state index contributed by atoms with van der Waals surface area (Å²) < 4.78 is 26.4. The van der Waals surface area contributed by atoms with Crippen LogP contribution in [0.1, 0.15) is 0 Å². The number of rotatable bonds is 5. The van der Waals surface area contributed by atoms with Crippen molar-refractivity contribution < 1.29 is 8.42 Å². The van der Waals surface area contributed by atoms with E-state index in [0.717, 1.165) is 10.8 Å². The Morgan fingerprint density at radius 2 is 1.55 bits per heavy atom. The number of sulfonamides is 1. The van der Waals surface area contributed by atoms with Gasteiger partial charge in [0.15, 0.2) is 0 Å². The molecule has 0 spiro atoms. The highest BCUT2D eigenvalue weighted by Gasteiger charge is 2.20. The zero-order valence-corrected chi connectivity index (χ0v) is 12.9. The molecule has 0 N–H and O–H groups in total. The van der Waals surface area contributed by atoms with E-state index in [0.29, 0.717) is 18.0 Å². The molecule has 2 aromatic rings. The molecule has 4 nitrogen and oxygen atoms in total. The van der Waals surface area contributed by atoms with Gasteiger partial charge in [0.1, 0.15) is 0 Å². The Morgan fingerprint density at radius 3 is 2.20 bits per heavy atom. The van der Waals surface area contributed by atoms with E-state index in [-0.39, 0.29) is 0 Å². The lowest BCUT2D eigenvalue weighted by Gasteiger charge is -2.19. The second-order valence-electron chi connectivity index (χ2n) is 5.14. The van der Waals surface area contributed by atoms with Crippen molar-refractivity contribution in [1.82, 2.24) is 9.21 Å². The monoisotopic (exact) mass is 292 g/mol. The molecule has 0 aliphatic heterocycles. The van der Waals surface area contributed by atoms with Crippen molar-refractivity contribution in [2.75, 3.05) is 34.2 Å². The van der Waals surface area contributed by atoms with E-state index in [2.05, 4.69) is 0 Å². The summed E-state index contributed by atoms with van der Waals surface area (Å²) in [5.41, 5.74) is 0. The van der Waals surface area contributed by atoms with Crippen LogP contribution in [-0.4, -0.2) is 51.9 Å². The van der Waals surface area contributed by atoms with Gasteiger partial charge in [-0.05, 0) is 37.0 Å². The van der Waals surface area contributed by atoms with Gasteiger partial charge in [-0.2, -0.15) is 4.31 Å². The Kier molecular flexibility index (Phi) is 4.42. The Labute approximate surface area is 120 Å². The number of benzene rings is 2. The van der Waals surface area contributed by atoms with Crippen LogP contribution in [0.25, 0.3) is 10.8 Å². The van der Waals surface area contributed by atoms with Crippen molar-refractivity contribution in [3.8, 4) is 0 Å². The molecule has 5 heteroatoms. The molecule has 0 aromatic heterocycles. The van der Waals surface area contributed by atoms with E-state index < -0.39 is 10.0 Å². The van der Waals surface area contributed by atoms with Gasteiger partial charge < -0.3 is 4.90 Å². The first-order valence-corrected chi connectivity index (χ1v) is 7.95. The summed E-state index contributed by atoms with van der Waals surface area (Å²) in [7, 11) is 2.05. The van der Waals surface area contributed by atoms with Crippen molar-refractivity contribution in [2.24, 2.45) is 0 Å². The first-order chi connectivity index (χ1) is 9.41. The van der Waals surface area contributed by atoms with Crippen molar-refractivity contribution in [2.45, 2.75) is 4.90 Å². The van der Waals surface area contributed by atoms with Crippen LogP contribution < -0.4 is 0 Å². The standard InChI is InChI=1S/C15H20N2O2S/c1-16(2)10-11-17(3)20(18,19)15-9-8-13-6-4-5-7-14(13)12-15/h4-9,12H,10-11H2,1-3H3. The predicted octanol–water partition coefficient (Wildman–Crippen LogP) is 2.02. The zero-order chi connectivity index (χ0) is 14.8. The van der Waals surface area contributed by atoms with Gasteiger partial charge in [-0.3, -0.25) is 0 Å². The normalized spacial score (nSPS) is 12.4. The quantitative estimate of drug-likeness (QED) is 0.846. The van der Waals surface area contributed by atoms with Gasteiger partial charge in [0.05, 0.1) is 4.90 Å². The van der Waals surface area contributed by atoms with Crippen molar-refractivity contribution >= 4 is 20.8 Å². The molecule has 0 saturated heterocycles. The Bertz CT molecular complexity index is 696. The zero-order valence-electron chi connectivity index (χ0n) is 12.1. The lowest BCUT2D eigenvalue weighted by atomic mass is 10.1. The highest BCUT2D eigenvalue weighted by Crippen LogP contribution is 2.21. The number of hydrogen-bond donors (Lipinski definition) is 0. The van der Waals surface area contributed by atoms with Gasteiger partial charge in [0.2, 0.25) is 10.0 Å². The highest BCUT2D eigenvalue weighted by molar-refractivity contribution is 7.89. The third-order valence-electron chi connectivity index (χ3n) is 3.29. The van der Waals surface area contributed by atoms with E-state index in [1.165, 1.54) is 4.31 Å². The smallest absolute Gasteiger partial charge is 0.242 e. The van der Waals surface area contributed by atoms with Crippen molar-refractivity contribution in [3.63, 3.8) is 0 Å². The Morgan fingerprint density at radius 1 is 0.900 bits per heavy atom. The minimum Gasteiger partial charge on any atom is -0.308 e. The molecule has 0 unspecified atom stereocenters. The van der Waals surface area contributed by atoms with Crippen LogP contribution in [0, 0.1) is 0 Å². The first kappa shape index (κ1) is 15.0. The molecule has 0 aliphatic rings. The third kappa shape index (κ3) is 3.17. The number of likely N-dealkylation sites (N-methyl/N-ethyl adjacent to an activating group) is 2. The molecule has 0 bridgehead atoms. The van der Waals surface area contributed by atoms with E-state index in [1.807, 2.05) is 49.3 Å². The lowest BCUT2D eigenvalue weighted by molar-refractivity contribution is 0.358. The van der Waals surface area contributed by atoms with Gasteiger partial charge >= 0.3 is 0 Å². The summed E-state index contributed by atoms with van der Waals surface area (Å²) in [4.78, 5) is 2.31. The summed E-state index contributed by atoms with van der Waals surface area (Å²) in [6.07, 6.45) is 0. The van der Waals surface area contributed by atoms with Gasteiger partial charge in [-0.1, -0.05) is 30.3 Å². The SMILES string of the molecule is CN(C)CCN(C)S(=O)(=O)c1ccc2ccccc2c1. The van der Waals surface area contributed by atoms with Crippen LogP contribution in [0.4, 0.5) is 0 Å². The second kappa shape index (κ2) is 5.91. The summed E-state index contributed by atoms with van der Waals surface area (Å²) in [5.74, 6) is 0. The van der Waals surface area contributed by atoms with Crippen LogP contribution in [-0.2, 0) is 10.0 Å². The van der Waals surface area contributed by atoms with Gasteiger partial charge in [0.25, 0.3) is 0 Å². The third-order valence-corrected chi connectivity index (χ3v) is 5.14. The molecule has 0 atom stereocenters. The summed E-state index contributed by atoms with van der Waals surface area (Å²) in [6, 6.07) is 13.0. The summed E-state index contributed by atoms with van der Waals surface area (Å²) in [6.45, 7) is 1.17. The van der Waals surface area contributed by atoms with E-state index in [1.54, 1.807) is 19.2 Å². The van der Waals surface area contributed by atoms with E-state index in [4.69, 9.17) is 0 Å². The minimum atomic E-state index is -3.42. The topological polar surface area (TPSA) is 40.6 Å². The maximum Gasteiger partial charge on any atom is 0.242 e. The van der Waals surface area contributed by atoms with Gasteiger partial charge in [-0.15, -0.1) is 0 Å². The number of nitrogens with zero attached hydrogens (tertiary/aromatic N) is 2. The molecule has 0 heterocycles. The number of hydrogen-bond acceptors (Lipinski definition) is 3. The number of fused-ring (bicyclic) bond motifs is 1. The van der Waals surface area contributed by atoms with Gasteiger partial charge in [-0.25, -0.2) is 8.42 Å². The van der Waals surface area contributed by atoms with Crippen LogP contribution in [0.15, 0.2) is 47.4 Å². The fourth-order valence-electron chi connectivity index (χ4n) is 1.97. The first-order valence-electron chi connectivity index (χ1n) is 6.51. The Balaban J connectivity index is 2.31. The molecule has 0 fully saturated rings. The molecule has 20 heavy (non-hydrogen) atoms. The molecule has 2 rings (SSSR count). The van der Waals surface area contributed by atoms with E-state index in [9.17, 15) is 8.42 Å². The molecular formula is C15H20N2O2S. The fraction of sp³-hybridized carbons (Fsp3) is 0.333. The largest absolute Gasteiger partial charge is 0.308 e. The Hall–Kier alpha value is -1.43. The molecular weight excluding hydrogens is 272 g/mol. The predicted molar refractivity (Wildman–Crippen MR) is 82.3 cm³/mol. The van der Waals surface area contributed by atoms with Crippen molar-refractivity contribution in [3.05, 3.63) is 42.5 Å². The molecule has 108 valence electrons.